The van der Waals surface area contributed by atoms with Gasteiger partial charge in [0.2, 0.25) is 6.41 Å². The van der Waals surface area contributed by atoms with Gasteiger partial charge in [0.25, 0.3) is 0 Å². The van der Waals surface area contributed by atoms with Gasteiger partial charge in [0, 0.05) is 0 Å². The molecule has 0 aliphatic rings. The van der Waals surface area contributed by atoms with Gasteiger partial charge in [-0.1, -0.05) is 19.8 Å². The number of hydroxylamine groups is 2. The fourth-order valence-corrected chi connectivity index (χ4v) is 1.01. The molecule has 5 heteroatoms. The highest BCUT2D eigenvalue weighted by Crippen LogP contribution is 2.09. The first-order valence-corrected chi connectivity index (χ1v) is 4.25. The fourth-order valence-electron chi connectivity index (χ4n) is 1.01. The third-order valence-electron chi connectivity index (χ3n) is 1.78. The molecule has 0 aromatic carbocycles. The molecule has 0 aliphatic heterocycles. The van der Waals surface area contributed by atoms with Crippen LogP contribution in [0.25, 0.3) is 0 Å². The minimum absolute atomic E-state index is 0.140. The average molecular weight is 189 g/mol. The Hall–Kier alpha value is -1.10. The molecule has 0 radical (unpaired) electrons. The molecular weight excluding hydrogens is 174 g/mol. The first-order valence-electron chi connectivity index (χ1n) is 4.25. The summed E-state index contributed by atoms with van der Waals surface area (Å²) in [5.74, 6) is -1.65. The molecule has 0 bridgehead atoms. The molecule has 5 nitrogen and oxygen atoms in total. The van der Waals surface area contributed by atoms with Gasteiger partial charge >= 0.3 is 5.97 Å². The van der Waals surface area contributed by atoms with E-state index >= 15 is 0 Å². The molecule has 0 aromatic rings. The highest BCUT2D eigenvalue weighted by molar-refractivity contribution is 5.70. The summed E-state index contributed by atoms with van der Waals surface area (Å²) in [6.07, 6.45) is 2.37. The minimum Gasteiger partial charge on any atom is -0.481 e. The molecule has 0 rings (SSSR count). The van der Waals surface area contributed by atoms with Gasteiger partial charge in [0.15, 0.2) is 0 Å². The second kappa shape index (κ2) is 6.42. The van der Waals surface area contributed by atoms with Crippen molar-refractivity contribution in [2.45, 2.75) is 26.2 Å². The molecule has 0 aromatic heterocycles. The Kier molecular flexibility index (Phi) is 5.88. The van der Waals surface area contributed by atoms with Crippen molar-refractivity contribution in [3.8, 4) is 0 Å². The van der Waals surface area contributed by atoms with Crippen molar-refractivity contribution in [3.63, 3.8) is 0 Å². The Balaban J connectivity index is 3.94. The smallest absolute Gasteiger partial charge is 0.308 e. The van der Waals surface area contributed by atoms with Crippen LogP contribution in [-0.4, -0.2) is 34.3 Å². The van der Waals surface area contributed by atoms with Gasteiger partial charge in [0.1, 0.15) is 0 Å². The van der Waals surface area contributed by atoms with E-state index in [4.69, 9.17) is 10.3 Å². The summed E-state index contributed by atoms with van der Waals surface area (Å²) >= 11 is 0. The Bertz CT molecular complexity index is 172. The van der Waals surface area contributed by atoms with Gasteiger partial charge in [0.05, 0.1) is 12.5 Å². The largest absolute Gasteiger partial charge is 0.481 e. The summed E-state index contributed by atoms with van der Waals surface area (Å²) in [6, 6.07) is 0. The van der Waals surface area contributed by atoms with E-state index < -0.39 is 11.9 Å². The van der Waals surface area contributed by atoms with Gasteiger partial charge in [-0.2, -0.15) is 0 Å². The molecule has 0 saturated heterocycles. The molecule has 0 aliphatic carbocycles. The van der Waals surface area contributed by atoms with Gasteiger partial charge in [-0.15, -0.1) is 0 Å². The fraction of sp³-hybridized carbons (Fsp3) is 0.750. The maximum absolute atomic E-state index is 10.6. The lowest BCUT2D eigenvalue weighted by molar-refractivity contribution is -0.159. The Morgan fingerprint density at radius 1 is 1.62 bits per heavy atom. The molecule has 0 heterocycles. The van der Waals surface area contributed by atoms with Crippen LogP contribution in [0.2, 0.25) is 0 Å². The number of carboxylic acid groups (broad SMARTS) is 1. The Morgan fingerprint density at radius 3 is 2.62 bits per heavy atom. The zero-order valence-electron chi connectivity index (χ0n) is 7.64. The maximum atomic E-state index is 10.6. The van der Waals surface area contributed by atoms with Crippen LogP contribution in [-0.2, 0) is 9.59 Å². The molecule has 1 atom stereocenters. The van der Waals surface area contributed by atoms with Crippen molar-refractivity contribution in [2.75, 3.05) is 6.54 Å². The predicted molar refractivity (Wildman–Crippen MR) is 45.2 cm³/mol. The lowest BCUT2D eigenvalue weighted by Crippen LogP contribution is -2.29. The summed E-state index contributed by atoms with van der Waals surface area (Å²) in [6.45, 7) is 1.81. The summed E-state index contributed by atoms with van der Waals surface area (Å²) in [4.78, 5) is 20.6. The van der Waals surface area contributed by atoms with E-state index in [1.54, 1.807) is 0 Å². The molecule has 0 unspecified atom stereocenters. The number of aliphatic carboxylic acids is 1. The van der Waals surface area contributed by atoms with E-state index in [0.29, 0.717) is 11.5 Å². The molecule has 1 amide bonds. The first kappa shape index (κ1) is 11.9. The third-order valence-corrected chi connectivity index (χ3v) is 1.78. The normalized spacial score (nSPS) is 12.2. The number of carboxylic acids is 1. The number of carbonyl (C=O) groups excluding carboxylic acids is 1. The van der Waals surface area contributed by atoms with Crippen LogP contribution in [0.3, 0.4) is 0 Å². The second-order valence-electron chi connectivity index (χ2n) is 2.90. The number of amides is 1. The summed E-state index contributed by atoms with van der Waals surface area (Å²) < 4.78 is 0. The standard InChI is InChI=1S/C8H15NO4/c1-2-3-4-7(8(11)12)5-9(13)6-10/h6-7,13H,2-5H2,1H3,(H,11,12)/t7-/m1/s1. The van der Waals surface area contributed by atoms with Crippen molar-refractivity contribution >= 4 is 12.4 Å². The number of rotatable bonds is 7. The lowest BCUT2D eigenvalue weighted by atomic mass is 10.0. The number of hydrogen-bond acceptors (Lipinski definition) is 3. The van der Waals surface area contributed by atoms with Gasteiger partial charge < -0.3 is 5.11 Å². The van der Waals surface area contributed by atoms with Gasteiger partial charge in [-0.3, -0.25) is 14.8 Å². The van der Waals surface area contributed by atoms with Crippen LogP contribution in [0.5, 0.6) is 0 Å². The first-order chi connectivity index (χ1) is 6.11. The number of hydrogen-bond donors (Lipinski definition) is 2. The highest BCUT2D eigenvalue weighted by atomic mass is 16.5. The van der Waals surface area contributed by atoms with Gasteiger partial charge in [-0.05, 0) is 6.42 Å². The molecule has 13 heavy (non-hydrogen) atoms. The minimum atomic E-state index is -0.977. The highest BCUT2D eigenvalue weighted by Gasteiger charge is 2.18. The monoisotopic (exact) mass is 189 g/mol. The summed E-state index contributed by atoms with van der Waals surface area (Å²) in [5, 5.41) is 17.8. The van der Waals surface area contributed by atoms with E-state index in [-0.39, 0.29) is 13.0 Å². The van der Waals surface area contributed by atoms with E-state index in [1.807, 2.05) is 6.92 Å². The Labute approximate surface area is 76.9 Å². The van der Waals surface area contributed by atoms with Crippen LogP contribution in [0.15, 0.2) is 0 Å². The number of carbonyl (C=O) groups is 2. The third kappa shape index (κ3) is 5.19. The maximum Gasteiger partial charge on any atom is 0.308 e. The van der Waals surface area contributed by atoms with E-state index in [2.05, 4.69) is 0 Å². The average Bonchev–Trinajstić information content (AvgIpc) is 2.11. The number of nitrogens with zero attached hydrogens (tertiary/aromatic N) is 1. The van der Waals surface area contributed by atoms with Crippen molar-refractivity contribution in [1.82, 2.24) is 5.06 Å². The molecule has 0 saturated carbocycles. The quantitative estimate of drug-likeness (QED) is 0.351. The van der Waals surface area contributed by atoms with Crippen LogP contribution in [0.4, 0.5) is 0 Å². The summed E-state index contributed by atoms with van der Waals surface area (Å²) in [5.41, 5.74) is 0. The predicted octanol–water partition coefficient (Wildman–Crippen LogP) is 0.725. The molecular formula is C8H15NO4. The molecule has 76 valence electrons. The van der Waals surface area contributed by atoms with E-state index in [0.717, 1.165) is 12.8 Å². The van der Waals surface area contributed by atoms with Crippen LogP contribution >= 0.6 is 0 Å². The number of unbranched alkanes of at least 4 members (excludes halogenated alkanes) is 1. The van der Waals surface area contributed by atoms with Crippen LogP contribution < -0.4 is 0 Å². The van der Waals surface area contributed by atoms with E-state index in [1.165, 1.54) is 0 Å². The van der Waals surface area contributed by atoms with Crippen molar-refractivity contribution in [3.05, 3.63) is 0 Å². The summed E-state index contributed by atoms with van der Waals surface area (Å²) in [7, 11) is 0. The second-order valence-corrected chi connectivity index (χ2v) is 2.90. The molecule has 0 spiro atoms. The van der Waals surface area contributed by atoms with Gasteiger partial charge in [-0.25, -0.2) is 5.06 Å². The topological polar surface area (TPSA) is 77.8 Å². The van der Waals surface area contributed by atoms with Crippen LogP contribution in [0, 0.1) is 5.92 Å². The molecule has 2 N–H and O–H groups in total. The van der Waals surface area contributed by atoms with Crippen LogP contribution in [0.1, 0.15) is 26.2 Å². The van der Waals surface area contributed by atoms with Crippen molar-refractivity contribution in [1.29, 1.82) is 0 Å². The SMILES string of the molecule is CCCC[C@H](CN(O)C=O)C(=O)O. The lowest BCUT2D eigenvalue weighted by Gasteiger charge is -2.15. The zero-order chi connectivity index (χ0) is 10.3. The molecule has 0 fully saturated rings. The Morgan fingerprint density at radius 2 is 2.23 bits per heavy atom. The zero-order valence-corrected chi connectivity index (χ0v) is 7.64. The van der Waals surface area contributed by atoms with Crippen molar-refractivity contribution in [2.24, 2.45) is 5.92 Å². The van der Waals surface area contributed by atoms with Crippen molar-refractivity contribution < 1.29 is 19.9 Å². The van der Waals surface area contributed by atoms with E-state index in [9.17, 15) is 9.59 Å².